The first kappa shape index (κ1) is 16.6. The van der Waals surface area contributed by atoms with Crippen molar-refractivity contribution in [3.05, 3.63) is 102 Å². The Morgan fingerprint density at radius 2 is 1.04 bits per heavy atom. The van der Waals surface area contributed by atoms with Crippen LogP contribution in [-0.4, -0.2) is 0 Å². The van der Waals surface area contributed by atoms with E-state index in [1.807, 2.05) is 24.3 Å². The highest BCUT2D eigenvalue weighted by atomic mass is 32.1. The highest BCUT2D eigenvalue weighted by molar-refractivity contribution is 7.80. The van der Waals surface area contributed by atoms with Crippen LogP contribution in [0.25, 0.3) is 21.6 Å². The summed E-state index contributed by atoms with van der Waals surface area (Å²) in [5, 5.41) is 2.09. The van der Waals surface area contributed by atoms with Gasteiger partial charge in [0.15, 0.2) is 0 Å². The van der Waals surface area contributed by atoms with Gasteiger partial charge in [-0.15, -0.1) is 24.0 Å². The minimum atomic E-state index is 1.01. The Bertz CT molecular complexity index is 796. The van der Waals surface area contributed by atoms with Crippen LogP contribution in [0.2, 0.25) is 0 Å². The summed E-state index contributed by atoms with van der Waals surface area (Å²) in [5.41, 5.74) is 3.82. The average molecular weight is 347 g/mol. The quantitative estimate of drug-likeness (QED) is 0.369. The van der Waals surface area contributed by atoms with Crippen LogP contribution >= 0.6 is 24.0 Å². The van der Waals surface area contributed by atoms with Gasteiger partial charge in [-0.1, -0.05) is 78.9 Å². The summed E-state index contributed by atoms with van der Waals surface area (Å²) in [6.45, 7) is 0. The maximum Gasteiger partial charge on any atom is 0.0342 e. The predicted octanol–water partition coefficient (Wildman–Crippen LogP) is 7.06. The van der Waals surface area contributed by atoms with Gasteiger partial charge in [0.2, 0.25) is 0 Å². The van der Waals surface area contributed by atoms with Crippen LogP contribution in [0, 0.1) is 0 Å². The molecule has 0 saturated heterocycles. The molecule has 4 rings (SSSR count). The molecule has 0 spiro atoms. The molecule has 1 heterocycles. The second-order valence-corrected chi connectivity index (χ2v) is 6.72. The van der Waals surface area contributed by atoms with E-state index < -0.39 is 0 Å². The third-order valence-electron chi connectivity index (χ3n) is 3.55. The molecule has 3 aromatic carbocycles. The Morgan fingerprint density at radius 3 is 1.50 bits per heavy atom. The smallest absolute Gasteiger partial charge is 0.0342 e. The van der Waals surface area contributed by atoms with Crippen molar-refractivity contribution in [1.29, 1.82) is 0 Å². The van der Waals surface area contributed by atoms with E-state index in [0.29, 0.717) is 0 Å². The summed E-state index contributed by atoms with van der Waals surface area (Å²) in [6, 6.07) is 33.2. The van der Waals surface area contributed by atoms with Crippen LogP contribution in [0.15, 0.2) is 107 Å². The lowest BCUT2D eigenvalue weighted by Gasteiger charge is -1.98. The molecule has 0 saturated carbocycles. The van der Waals surface area contributed by atoms with Crippen molar-refractivity contribution >= 4 is 24.0 Å². The molecule has 0 bridgehead atoms. The van der Waals surface area contributed by atoms with E-state index in [9.17, 15) is 0 Å². The van der Waals surface area contributed by atoms with Crippen LogP contribution in [0.1, 0.15) is 0 Å². The van der Waals surface area contributed by atoms with Gasteiger partial charge in [0.05, 0.1) is 0 Å². The van der Waals surface area contributed by atoms with E-state index in [2.05, 4.69) is 90.8 Å². The van der Waals surface area contributed by atoms with Gasteiger partial charge in [-0.3, -0.25) is 0 Å². The van der Waals surface area contributed by atoms with Crippen molar-refractivity contribution in [2.24, 2.45) is 0 Å². The van der Waals surface area contributed by atoms with Gasteiger partial charge in [0.25, 0.3) is 0 Å². The maximum atomic E-state index is 4.23. The Balaban J connectivity index is 0.000000141. The largest absolute Gasteiger partial charge is 0.144 e. The number of thiol groups is 1. The van der Waals surface area contributed by atoms with Crippen molar-refractivity contribution in [2.45, 2.75) is 4.90 Å². The molecule has 0 atom stereocenters. The highest BCUT2D eigenvalue weighted by Gasteiger charge is 1.96. The van der Waals surface area contributed by atoms with E-state index in [1.54, 1.807) is 11.3 Å². The van der Waals surface area contributed by atoms with Crippen LogP contribution in [0.5, 0.6) is 0 Å². The standard InChI is InChI=1S/C12H10.C10H8S2/c1-3-7-11(8-4-1)12-9-5-2-6-10-12;11-9-5-3-8(4-6-9)10-2-1-7-12-10/h1-10H;1-7,11H. The van der Waals surface area contributed by atoms with Crippen LogP contribution in [-0.2, 0) is 0 Å². The molecule has 0 aliphatic carbocycles. The van der Waals surface area contributed by atoms with Gasteiger partial charge >= 0.3 is 0 Å². The molecule has 0 aliphatic heterocycles. The lowest BCUT2D eigenvalue weighted by Crippen LogP contribution is -1.73. The molecule has 2 heteroatoms. The van der Waals surface area contributed by atoms with Crippen LogP contribution < -0.4 is 0 Å². The van der Waals surface area contributed by atoms with Crippen molar-refractivity contribution < 1.29 is 0 Å². The van der Waals surface area contributed by atoms with E-state index in [-0.39, 0.29) is 0 Å². The van der Waals surface area contributed by atoms with Gasteiger partial charge in [-0.2, -0.15) is 0 Å². The van der Waals surface area contributed by atoms with Gasteiger partial charge in [0.1, 0.15) is 0 Å². The first-order valence-electron chi connectivity index (χ1n) is 7.76. The van der Waals surface area contributed by atoms with Crippen molar-refractivity contribution in [3.8, 4) is 21.6 Å². The van der Waals surface area contributed by atoms with Crippen molar-refractivity contribution in [2.75, 3.05) is 0 Å². The first-order chi connectivity index (χ1) is 11.8. The van der Waals surface area contributed by atoms with Crippen LogP contribution in [0.3, 0.4) is 0 Å². The second-order valence-electron chi connectivity index (χ2n) is 5.26. The van der Waals surface area contributed by atoms with Crippen molar-refractivity contribution in [1.82, 2.24) is 0 Å². The Hall–Kier alpha value is -2.29. The Morgan fingerprint density at radius 1 is 0.500 bits per heavy atom. The molecule has 0 nitrogen and oxygen atoms in total. The number of thiophene rings is 1. The van der Waals surface area contributed by atoms with Gasteiger partial charge < -0.3 is 0 Å². The Labute approximate surface area is 152 Å². The minimum Gasteiger partial charge on any atom is -0.144 e. The zero-order valence-corrected chi connectivity index (χ0v) is 14.9. The first-order valence-corrected chi connectivity index (χ1v) is 9.09. The van der Waals surface area contributed by atoms with Crippen molar-refractivity contribution in [3.63, 3.8) is 0 Å². The number of hydrogen-bond donors (Lipinski definition) is 1. The summed E-state index contributed by atoms with van der Waals surface area (Å²) >= 11 is 5.99. The zero-order chi connectivity index (χ0) is 16.6. The van der Waals surface area contributed by atoms with E-state index in [0.717, 1.165) is 4.90 Å². The number of hydrogen-bond acceptors (Lipinski definition) is 2. The lowest BCUT2D eigenvalue weighted by atomic mass is 10.1. The topological polar surface area (TPSA) is 0 Å². The zero-order valence-electron chi connectivity index (χ0n) is 13.2. The van der Waals surface area contributed by atoms with E-state index in [1.165, 1.54) is 21.6 Å². The molecule has 0 radical (unpaired) electrons. The SMILES string of the molecule is Sc1ccc(-c2cccs2)cc1.c1ccc(-c2ccccc2)cc1. The van der Waals surface area contributed by atoms with Crippen LogP contribution in [0.4, 0.5) is 0 Å². The van der Waals surface area contributed by atoms with Gasteiger partial charge in [-0.25, -0.2) is 0 Å². The number of benzene rings is 3. The molecule has 118 valence electrons. The third-order valence-corrected chi connectivity index (χ3v) is 4.77. The van der Waals surface area contributed by atoms with Gasteiger partial charge in [0, 0.05) is 9.77 Å². The molecular weight excluding hydrogens is 328 g/mol. The summed E-state index contributed by atoms with van der Waals surface area (Å²) in [6.07, 6.45) is 0. The van der Waals surface area contributed by atoms with E-state index in [4.69, 9.17) is 0 Å². The summed E-state index contributed by atoms with van der Waals surface area (Å²) in [4.78, 5) is 2.32. The Kier molecular flexibility index (Phi) is 5.89. The third kappa shape index (κ3) is 4.60. The molecule has 0 unspecified atom stereocenters. The predicted molar refractivity (Wildman–Crippen MR) is 109 cm³/mol. The average Bonchev–Trinajstić information content (AvgIpc) is 3.19. The maximum absolute atomic E-state index is 4.23. The molecule has 0 N–H and O–H groups in total. The molecule has 1 aromatic heterocycles. The summed E-state index contributed by atoms with van der Waals surface area (Å²) in [5.74, 6) is 0. The van der Waals surface area contributed by atoms with Gasteiger partial charge in [-0.05, 0) is 40.3 Å². The van der Waals surface area contributed by atoms with E-state index >= 15 is 0 Å². The lowest BCUT2D eigenvalue weighted by molar-refractivity contribution is 1.48. The molecule has 0 fully saturated rings. The summed E-state index contributed by atoms with van der Waals surface area (Å²) < 4.78 is 0. The fourth-order valence-electron chi connectivity index (χ4n) is 2.33. The normalized spacial score (nSPS) is 9.88. The molecule has 24 heavy (non-hydrogen) atoms. The molecule has 0 amide bonds. The fourth-order valence-corrected chi connectivity index (χ4v) is 3.21. The monoisotopic (exact) mass is 346 g/mol. The molecule has 4 aromatic rings. The minimum absolute atomic E-state index is 1.01. The fraction of sp³-hybridized carbons (Fsp3) is 0. The molecular formula is C22H18S2. The molecule has 0 aliphatic rings. The number of rotatable bonds is 2. The highest BCUT2D eigenvalue weighted by Crippen LogP contribution is 2.25. The summed E-state index contributed by atoms with van der Waals surface area (Å²) in [7, 11) is 0. The second kappa shape index (κ2) is 8.53.